The summed E-state index contributed by atoms with van der Waals surface area (Å²) < 4.78 is 0. The van der Waals surface area contributed by atoms with Gasteiger partial charge in [0.2, 0.25) is 0 Å². The van der Waals surface area contributed by atoms with E-state index in [0.29, 0.717) is 5.92 Å². The van der Waals surface area contributed by atoms with Crippen molar-refractivity contribution in [2.45, 2.75) is 51.2 Å². The first-order valence-electron chi connectivity index (χ1n) is 6.11. The van der Waals surface area contributed by atoms with Crippen LogP contribution in [0, 0.1) is 17.3 Å². The summed E-state index contributed by atoms with van der Waals surface area (Å²) in [6.07, 6.45) is 6.46. The van der Waals surface area contributed by atoms with E-state index < -0.39 is 5.60 Å². The molecule has 0 aliphatic heterocycles. The van der Waals surface area contributed by atoms with Crippen molar-refractivity contribution in [3.8, 4) is 0 Å². The minimum Gasteiger partial charge on any atom is -0.390 e. The Bertz CT molecular complexity index is 335. The van der Waals surface area contributed by atoms with E-state index in [4.69, 9.17) is 5.73 Å². The van der Waals surface area contributed by atoms with Gasteiger partial charge >= 0.3 is 0 Å². The van der Waals surface area contributed by atoms with Crippen molar-refractivity contribution in [1.82, 2.24) is 0 Å². The van der Waals surface area contributed by atoms with E-state index in [1.54, 1.807) is 5.57 Å². The normalized spacial score (nSPS) is 54.3. The Hall–Kier alpha value is -0.340. The Kier molecular flexibility index (Phi) is 1.75. The Morgan fingerprint density at radius 3 is 2.93 bits per heavy atom. The predicted octanol–water partition coefficient (Wildman–Crippen LogP) is 1.83. The molecule has 3 N–H and O–H groups in total. The summed E-state index contributed by atoms with van der Waals surface area (Å²) in [5.41, 5.74) is 7.24. The molecule has 2 nitrogen and oxygen atoms in total. The number of hydrogen-bond donors (Lipinski definition) is 2. The fourth-order valence-corrected chi connectivity index (χ4v) is 4.02. The van der Waals surface area contributed by atoms with Crippen LogP contribution in [0.15, 0.2) is 11.6 Å². The van der Waals surface area contributed by atoms with Crippen LogP contribution in [0.3, 0.4) is 0 Å². The van der Waals surface area contributed by atoms with Gasteiger partial charge in [-0.2, -0.15) is 0 Å². The molecule has 84 valence electrons. The third-order valence-electron chi connectivity index (χ3n) is 5.05. The maximum atomic E-state index is 10.6. The summed E-state index contributed by atoms with van der Waals surface area (Å²) in [7, 11) is 0. The smallest absolute Gasteiger partial charge is 0.0665 e. The summed E-state index contributed by atoms with van der Waals surface area (Å²) in [6.45, 7) is 4.27. The molecule has 0 heterocycles. The molecule has 0 radical (unpaired) electrons. The average molecular weight is 207 g/mol. The Morgan fingerprint density at radius 2 is 2.27 bits per heavy atom. The molecule has 5 atom stereocenters. The van der Waals surface area contributed by atoms with E-state index >= 15 is 0 Å². The fourth-order valence-electron chi connectivity index (χ4n) is 4.02. The topological polar surface area (TPSA) is 46.2 Å². The van der Waals surface area contributed by atoms with Crippen molar-refractivity contribution in [3.63, 3.8) is 0 Å². The van der Waals surface area contributed by atoms with Crippen molar-refractivity contribution in [1.29, 1.82) is 0 Å². The lowest BCUT2D eigenvalue weighted by atomic mass is 9.66. The summed E-state index contributed by atoms with van der Waals surface area (Å²) in [5, 5.41) is 10.6. The molecule has 0 aromatic rings. The van der Waals surface area contributed by atoms with Gasteiger partial charge in [0.25, 0.3) is 0 Å². The molecule has 0 saturated heterocycles. The van der Waals surface area contributed by atoms with Crippen LogP contribution in [0.1, 0.15) is 39.5 Å². The van der Waals surface area contributed by atoms with Crippen molar-refractivity contribution in [2.24, 2.45) is 23.0 Å². The first-order valence-corrected chi connectivity index (χ1v) is 6.11. The molecule has 2 saturated carbocycles. The van der Waals surface area contributed by atoms with Gasteiger partial charge in [-0.1, -0.05) is 18.6 Å². The Balaban J connectivity index is 2.01. The summed E-state index contributed by atoms with van der Waals surface area (Å²) in [4.78, 5) is 0. The van der Waals surface area contributed by atoms with Crippen LogP contribution in [-0.2, 0) is 0 Å². The van der Waals surface area contributed by atoms with Gasteiger partial charge in [0, 0.05) is 11.5 Å². The molecule has 2 fully saturated rings. The number of allylic oxidation sites excluding steroid dienone is 1. The molecule has 2 heteroatoms. The van der Waals surface area contributed by atoms with Gasteiger partial charge in [-0.05, 0) is 44.4 Å². The zero-order valence-corrected chi connectivity index (χ0v) is 9.66. The van der Waals surface area contributed by atoms with Crippen LogP contribution < -0.4 is 5.73 Å². The monoisotopic (exact) mass is 207 g/mol. The fraction of sp³-hybridized carbons (Fsp3) is 0.846. The van der Waals surface area contributed by atoms with E-state index in [9.17, 15) is 5.11 Å². The van der Waals surface area contributed by atoms with Crippen molar-refractivity contribution in [3.05, 3.63) is 11.6 Å². The minimum absolute atomic E-state index is 0.00419. The average Bonchev–Trinajstić information content (AvgIpc) is 2.29. The second kappa shape index (κ2) is 2.67. The molecule has 0 aromatic heterocycles. The SMILES string of the molecule is CC(N)C1(C)C=C2CC3CC(O)(CC23)C1. The predicted molar refractivity (Wildman–Crippen MR) is 60.2 cm³/mol. The molecular weight excluding hydrogens is 186 g/mol. The zero-order valence-electron chi connectivity index (χ0n) is 9.66. The molecule has 0 amide bonds. The first-order chi connectivity index (χ1) is 6.92. The van der Waals surface area contributed by atoms with Crippen LogP contribution >= 0.6 is 0 Å². The summed E-state index contributed by atoms with van der Waals surface area (Å²) in [5.74, 6) is 1.47. The van der Waals surface area contributed by atoms with Crippen LogP contribution in [0.5, 0.6) is 0 Å². The maximum Gasteiger partial charge on any atom is 0.0665 e. The first kappa shape index (κ1) is 9.86. The number of rotatable bonds is 1. The molecule has 3 aliphatic rings. The third kappa shape index (κ3) is 1.24. The summed E-state index contributed by atoms with van der Waals surface area (Å²) in [6, 6.07) is 0.132. The number of aliphatic hydroxyl groups is 1. The lowest BCUT2D eigenvalue weighted by Gasteiger charge is -2.41. The highest BCUT2D eigenvalue weighted by atomic mass is 16.3. The third-order valence-corrected chi connectivity index (χ3v) is 5.05. The van der Waals surface area contributed by atoms with Gasteiger partial charge in [-0.3, -0.25) is 0 Å². The molecule has 0 spiro atoms. The Labute approximate surface area is 91.5 Å². The number of fused-ring (bicyclic) bond motifs is 1. The van der Waals surface area contributed by atoms with E-state index in [0.717, 1.165) is 25.2 Å². The van der Waals surface area contributed by atoms with E-state index in [1.807, 2.05) is 0 Å². The molecular formula is C13H21NO. The lowest BCUT2D eigenvalue weighted by Crippen LogP contribution is -2.43. The van der Waals surface area contributed by atoms with E-state index in [2.05, 4.69) is 19.9 Å². The van der Waals surface area contributed by atoms with Crippen LogP contribution in [-0.4, -0.2) is 16.7 Å². The van der Waals surface area contributed by atoms with Crippen molar-refractivity contribution in [2.75, 3.05) is 0 Å². The van der Waals surface area contributed by atoms with Gasteiger partial charge in [0.05, 0.1) is 5.60 Å². The second-order valence-corrected chi connectivity index (χ2v) is 6.39. The highest BCUT2D eigenvalue weighted by Crippen LogP contribution is 2.60. The van der Waals surface area contributed by atoms with Crippen molar-refractivity contribution >= 4 is 0 Å². The van der Waals surface area contributed by atoms with Gasteiger partial charge in [0.1, 0.15) is 0 Å². The second-order valence-electron chi connectivity index (χ2n) is 6.39. The highest BCUT2D eigenvalue weighted by Gasteiger charge is 2.55. The van der Waals surface area contributed by atoms with Crippen LogP contribution in [0.25, 0.3) is 0 Å². The number of nitrogens with two attached hydrogens (primary N) is 1. The van der Waals surface area contributed by atoms with Crippen molar-refractivity contribution < 1.29 is 5.11 Å². The molecule has 15 heavy (non-hydrogen) atoms. The molecule has 0 aromatic carbocycles. The molecule has 2 bridgehead atoms. The lowest BCUT2D eigenvalue weighted by molar-refractivity contribution is 0.00337. The summed E-state index contributed by atoms with van der Waals surface area (Å²) >= 11 is 0. The molecule has 3 rings (SSSR count). The molecule has 3 aliphatic carbocycles. The maximum absolute atomic E-state index is 10.6. The van der Waals surface area contributed by atoms with Gasteiger partial charge in [-0.25, -0.2) is 0 Å². The van der Waals surface area contributed by atoms with Gasteiger partial charge < -0.3 is 10.8 Å². The quantitative estimate of drug-likeness (QED) is 0.644. The molecule has 5 unspecified atom stereocenters. The largest absolute Gasteiger partial charge is 0.390 e. The minimum atomic E-state index is -0.424. The highest BCUT2D eigenvalue weighted by molar-refractivity contribution is 5.30. The standard InChI is InChI=1S/C13H21NO/c1-8(14)12(2)4-9-3-10-5-13(15,7-12)6-11(9)10/h4,8,10-11,15H,3,5-7,14H2,1-2H3. The van der Waals surface area contributed by atoms with E-state index in [1.165, 1.54) is 6.42 Å². The van der Waals surface area contributed by atoms with E-state index in [-0.39, 0.29) is 11.5 Å². The number of hydrogen-bond acceptors (Lipinski definition) is 2. The van der Waals surface area contributed by atoms with Gasteiger partial charge in [0.15, 0.2) is 0 Å². The van der Waals surface area contributed by atoms with Crippen LogP contribution in [0.4, 0.5) is 0 Å². The Morgan fingerprint density at radius 1 is 1.53 bits per heavy atom. The van der Waals surface area contributed by atoms with Gasteiger partial charge in [-0.15, -0.1) is 0 Å². The van der Waals surface area contributed by atoms with Crippen LogP contribution in [0.2, 0.25) is 0 Å². The zero-order chi connectivity index (χ0) is 10.8.